The maximum atomic E-state index is 12.0. The average molecular weight is 249 g/mol. The highest BCUT2D eigenvalue weighted by Crippen LogP contribution is 2.15. The van der Waals surface area contributed by atoms with Gasteiger partial charge < -0.3 is 4.90 Å². The molecule has 0 aromatic carbocycles. The van der Waals surface area contributed by atoms with Gasteiger partial charge in [-0.15, -0.1) is 0 Å². The Bertz CT molecular complexity index is 347. The molecule has 1 saturated heterocycles. The lowest BCUT2D eigenvalue weighted by Gasteiger charge is -2.24. The Balaban J connectivity index is 2.65. The second-order valence-electron chi connectivity index (χ2n) is 4.16. The first kappa shape index (κ1) is 13.4. The second kappa shape index (κ2) is 5.11. The summed E-state index contributed by atoms with van der Waals surface area (Å²) >= 11 is 0. The van der Waals surface area contributed by atoms with Crippen molar-refractivity contribution in [2.24, 2.45) is 0 Å². The minimum Gasteiger partial charge on any atom is -0.348 e. The number of likely N-dealkylation sites (N-methyl/N-ethyl adjacent to an activating group) is 2. The lowest BCUT2D eigenvalue weighted by molar-refractivity contribution is -0.128. The van der Waals surface area contributed by atoms with Crippen LogP contribution in [0.15, 0.2) is 0 Å². The van der Waals surface area contributed by atoms with E-state index in [0.717, 1.165) is 17.1 Å². The predicted molar refractivity (Wildman–Crippen MR) is 61.1 cm³/mol. The smallest absolute Gasteiger partial charge is 0.282 e. The van der Waals surface area contributed by atoms with Crippen molar-refractivity contribution in [2.75, 3.05) is 40.8 Å². The van der Waals surface area contributed by atoms with Crippen LogP contribution in [0.25, 0.3) is 0 Å². The summed E-state index contributed by atoms with van der Waals surface area (Å²) in [5.41, 5.74) is 0. The van der Waals surface area contributed by atoms with E-state index in [1.807, 2.05) is 0 Å². The van der Waals surface area contributed by atoms with Crippen LogP contribution in [0.1, 0.15) is 12.8 Å². The first-order valence-corrected chi connectivity index (χ1v) is 6.67. The Morgan fingerprint density at radius 2 is 1.69 bits per heavy atom. The third kappa shape index (κ3) is 2.93. The summed E-state index contributed by atoms with van der Waals surface area (Å²) in [6.07, 6.45) is 1.80. The van der Waals surface area contributed by atoms with E-state index in [0.29, 0.717) is 13.1 Å². The minimum absolute atomic E-state index is 0.105. The van der Waals surface area contributed by atoms with E-state index in [4.69, 9.17) is 0 Å². The second-order valence-corrected chi connectivity index (χ2v) is 6.19. The minimum atomic E-state index is -3.45. The Hall–Kier alpha value is -0.660. The van der Waals surface area contributed by atoms with Crippen molar-refractivity contribution < 1.29 is 13.2 Å². The number of nitrogens with zero attached hydrogens (tertiary/aromatic N) is 3. The molecule has 1 rings (SSSR count). The highest BCUT2D eigenvalue weighted by molar-refractivity contribution is 7.86. The first-order chi connectivity index (χ1) is 7.35. The van der Waals surface area contributed by atoms with Crippen LogP contribution in [0.2, 0.25) is 0 Å². The molecule has 0 aromatic heterocycles. The molecular formula is C9H19N3O3S. The molecule has 0 aromatic rings. The number of amides is 1. The van der Waals surface area contributed by atoms with Crippen LogP contribution in [-0.2, 0) is 15.0 Å². The van der Waals surface area contributed by atoms with Crippen molar-refractivity contribution >= 4 is 16.1 Å². The van der Waals surface area contributed by atoms with Crippen molar-refractivity contribution in [2.45, 2.75) is 12.8 Å². The van der Waals surface area contributed by atoms with Crippen molar-refractivity contribution in [3.8, 4) is 0 Å². The van der Waals surface area contributed by atoms with Crippen molar-refractivity contribution in [3.63, 3.8) is 0 Å². The largest absolute Gasteiger partial charge is 0.348 e. The third-order valence-corrected chi connectivity index (χ3v) is 4.58. The van der Waals surface area contributed by atoms with Crippen LogP contribution in [0, 0.1) is 0 Å². The van der Waals surface area contributed by atoms with Crippen LogP contribution in [0.5, 0.6) is 0 Å². The SMILES string of the molecule is CN(C)C(=O)CN(C)S(=O)(=O)N1CCCC1. The Morgan fingerprint density at radius 1 is 1.19 bits per heavy atom. The molecule has 1 amide bonds. The number of hydrogen-bond donors (Lipinski definition) is 0. The average Bonchev–Trinajstić information content (AvgIpc) is 2.70. The van der Waals surface area contributed by atoms with E-state index < -0.39 is 10.2 Å². The molecule has 6 nitrogen and oxygen atoms in total. The Kier molecular flexibility index (Phi) is 4.28. The summed E-state index contributed by atoms with van der Waals surface area (Å²) in [4.78, 5) is 12.8. The molecule has 0 radical (unpaired) electrons. The van der Waals surface area contributed by atoms with Crippen LogP contribution in [0.3, 0.4) is 0 Å². The van der Waals surface area contributed by atoms with E-state index in [-0.39, 0.29) is 12.5 Å². The molecular weight excluding hydrogens is 230 g/mol. The number of rotatable bonds is 4. The topological polar surface area (TPSA) is 60.9 Å². The molecule has 0 unspecified atom stereocenters. The van der Waals surface area contributed by atoms with E-state index in [9.17, 15) is 13.2 Å². The summed E-state index contributed by atoms with van der Waals surface area (Å²) in [6, 6.07) is 0. The van der Waals surface area contributed by atoms with E-state index in [2.05, 4.69) is 0 Å². The molecule has 0 spiro atoms. The summed E-state index contributed by atoms with van der Waals surface area (Å²) in [5.74, 6) is -0.217. The number of carbonyl (C=O) groups is 1. The number of carbonyl (C=O) groups excluding carboxylic acids is 1. The lowest BCUT2D eigenvalue weighted by atomic mass is 10.4. The summed E-state index contributed by atoms with van der Waals surface area (Å²) in [7, 11) is 1.21. The van der Waals surface area contributed by atoms with Crippen LogP contribution in [-0.4, -0.2) is 68.6 Å². The fraction of sp³-hybridized carbons (Fsp3) is 0.889. The van der Waals surface area contributed by atoms with Gasteiger partial charge in [-0.1, -0.05) is 0 Å². The van der Waals surface area contributed by atoms with Crippen LogP contribution in [0.4, 0.5) is 0 Å². The standard InChI is InChI=1S/C9H19N3O3S/c1-10(2)9(13)8-11(3)16(14,15)12-6-4-5-7-12/h4-8H2,1-3H3. The maximum absolute atomic E-state index is 12.0. The molecule has 1 aliphatic rings. The fourth-order valence-electron chi connectivity index (χ4n) is 1.53. The van der Waals surface area contributed by atoms with Gasteiger partial charge >= 0.3 is 0 Å². The van der Waals surface area contributed by atoms with Gasteiger partial charge in [-0.05, 0) is 12.8 Å². The Labute approximate surface area is 97.0 Å². The zero-order valence-electron chi connectivity index (χ0n) is 10.0. The van der Waals surface area contributed by atoms with Gasteiger partial charge in [-0.2, -0.15) is 17.0 Å². The quantitative estimate of drug-likeness (QED) is 0.665. The van der Waals surface area contributed by atoms with E-state index in [1.54, 1.807) is 14.1 Å². The molecule has 0 bridgehead atoms. The molecule has 0 atom stereocenters. The van der Waals surface area contributed by atoms with Crippen LogP contribution < -0.4 is 0 Å². The molecule has 0 aliphatic carbocycles. The third-order valence-electron chi connectivity index (χ3n) is 2.64. The number of hydrogen-bond acceptors (Lipinski definition) is 3. The highest BCUT2D eigenvalue weighted by atomic mass is 32.2. The van der Waals surface area contributed by atoms with Gasteiger partial charge in [0.05, 0.1) is 6.54 Å². The lowest BCUT2D eigenvalue weighted by Crippen LogP contribution is -2.44. The monoisotopic (exact) mass is 249 g/mol. The van der Waals surface area contributed by atoms with Gasteiger partial charge in [0.15, 0.2) is 0 Å². The van der Waals surface area contributed by atoms with Crippen molar-refractivity contribution in [3.05, 3.63) is 0 Å². The normalized spacial score (nSPS) is 18.0. The first-order valence-electron chi connectivity index (χ1n) is 5.27. The van der Waals surface area contributed by atoms with Crippen LogP contribution >= 0.6 is 0 Å². The maximum Gasteiger partial charge on any atom is 0.282 e. The van der Waals surface area contributed by atoms with Crippen molar-refractivity contribution in [1.29, 1.82) is 0 Å². The van der Waals surface area contributed by atoms with Gasteiger partial charge in [-0.25, -0.2) is 0 Å². The molecule has 1 aliphatic heterocycles. The molecule has 7 heteroatoms. The highest BCUT2D eigenvalue weighted by Gasteiger charge is 2.30. The molecule has 94 valence electrons. The zero-order valence-corrected chi connectivity index (χ0v) is 10.8. The summed E-state index contributed by atoms with van der Waals surface area (Å²) in [5, 5.41) is 0. The zero-order chi connectivity index (χ0) is 12.3. The predicted octanol–water partition coefficient (Wildman–Crippen LogP) is -0.653. The van der Waals surface area contributed by atoms with Gasteiger partial charge in [-0.3, -0.25) is 4.79 Å². The Morgan fingerprint density at radius 3 is 2.12 bits per heavy atom. The summed E-state index contributed by atoms with van der Waals surface area (Å²) < 4.78 is 26.5. The summed E-state index contributed by atoms with van der Waals surface area (Å²) in [6.45, 7) is 1.01. The van der Waals surface area contributed by atoms with Gasteiger partial charge in [0, 0.05) is 34.2 Å². The van der Waals surface area contributed by atoms with Gasteiger partial charge in [0.2, 0.25) is 5.91 Å². The van der Waals surface area contributed by atoms with E-state index >= 15 is 0 Å². The van der Waals surface area contributed by atoms with Crippen molar-refractivity contribution in [1.82, 2.24) is 13.5 Å². The molecule has 1 fully saturated rings. The van der Waals surface area contributed by atoms with Gasteiger partial charge in [0.25, 0.3) is 10.2 Å². The molecule has 0 saturated carbocycles. The molecule has 16 heavy (non-hydrogen) atoms. The fourth-order valence-corrected chi connectivity index (χ4v) is 2.92. The van der Waals surface area contributed by atoms with Gasteiger partial charge in [0.1, 0.15) is 0 Å². The molecule has 1 heterocycles. The molecule has 0 N–H and O–H groups in total. The van der Waals surface area contributed by atoms with E-state index in [1.165, 1.54) is 16.3 Å².